The third-order valence-electron chi connectivity index (χ3n) is 6.40. The van der Waals surface area contributed by atoms with E-state index in [1.807, 2.05) is 67.6 Å². The van der Waals surface area contributed by atoms with Gasteiger partial charge < -0.3 is 5.32 Å². The van der Waals surface area contributed by atoms with Crippen molar-refractivity contribution in [1.29, 1.82) is 0 Å². The normalized spacial score (nSPS) is 14.6. The molecule has 1 aliphatic rings. The van der Waals surface area contributed by atoms with Crippen molar-refractivity contribution < 1.29 is 4.79 Å². The van der Waals surface area contributed by atoms with E-state index in [0.29, 0.717) is 18.0 Å². The van der Waals surface area contributed by atoms with E-state index in [0.717, 1.165) is 52.1 Å². The maximum Gasteiger partial charge on any atom is 0.252 e. The SMILES string of the molecule is Cc1nn(Cc2ccccc2)c2nc(C3CC3)cc(C(=O)NC(C)c3cnn(C)c3C)c12. The zero-order valence-electron chi connectivity index (χ0n) is 19.0. The molecule has 1 aromatic carbocycles. The Hall–Kier alpha value is -3.48. The molecule has 164 valence electrons. The minimum atomic E-state index is -0.150. The van der Waals surface area contributed by atoms with Gasteiger partial charge in [-0.15, -0.1) is 0 Å². The fourth-order valence-corrected chi connectivity index (χ4v) is 4.30. The number of carbonyl (C=O) groups excluding carboxylic acids is 1. The van der Waals surface area contributed by atoms with Crippen LogP contribution in [0.25, 0.3) is 11.0 Å². The molecular weight excluding hydrogens is 400 g/mol. The molecule has 1 fully saturated rings. The summed E-state index contributed by atoms with van der Waals surface area (Å²) in [4.78, 5) is 18.4. The van der Waals surface area contributed by atoms with Crippen molar-refractivity contribution in [3.05, 3.63) is 76.4 Å². The Balaban J connectivity index is 1.54. The largest absolute Gasteiger partial charge is 0.345 e. The van der Waals surface area contributed by atoms with E-state index in [4.69, 9.17) is 10.1 Å². The maximum absolute atomic E-state index is 13.5. The number of hydrogen-bond acceptors (Lipinski definition) is 4. The van der Waals surface area contributed by atoms with Gasteiger partial charge >= 0.3 is 0 Å². The second-order valence-electron chi connectivity index (χ2n) is 8.80. The molecule has 0 bridgehead atoms. The molecule has 1 atom stereocenters. The first-order valence-electron chi connectivity index (χ1n) is 11.1. The van der Waals surface area contributed by atoms with E-state index in [9.17, 15) is 4.79 Å². The smallest absolute Gasteiger partial charge is 0.252 e. The van der Waals surface area contributed by atoms with Crippen molar-refractivity contribution in [3.8, 4) is 0 Å². The van der Waals surface area contributed by atoms with Crippen LogP contribution in [-0.4, -0.2) is 30.5 Å². The molecule has 0 aliphatic heterocycles. The van der Waals surface area contributed by atoms with Crippen molar-refractivity contribution in [3.63, 3.8) is 0 Å². The Bertz CT molecular complexity index is 1300. The number of benzene rings is 1. The predicted octanol–water partition coefficient (Wildman–Crippen LogP) is 4.20. The topological polar surface area (TPSA) is 77.6 Å². The second kappa shape index (κ2) is 7.89. The molecule has 0 spiro atoms. The Kier molecular flexibility index (Phi) is 5.04. The molecular formula is C25H28N6O. The first-order chi connectivity index (χ1) is 15.4. The molecule has 1 saturated carbocycles. The highest BCUT2D eigenvalue weighted by molar-refractivity contribution is 6.06. The lowest BCUT2D eigenvalue weighted by atomic mass is 10.1. The van der Waals surface area contributed by atoms with Gasteiger partial charge in [0.1, 0.15) is 0 Å². The number of rotatable bonds is 6. The number of aromatic nitrogens is 5. The van der Waals surface area contributed by atoms with E-state index in [2.05, 4.69) is 22.5 Å². The summed E-state index contributed by atoms with van der Waals surface area (Å²) in [5.74, 6) is 0.335. The number of carbonyl (C=O) groups is 1. The third-order valence-corrected chi connectivity index (χ3v) is 6.40. The Labute approximate surface area is 187 Å². The summed E-state index contributed by atoms with van der Waals surface area (Å²) in [6.07, 6.45) is 4.06. The van der Waals surface area contributed by atoms with Gasteiger partial charge in [-0.25, -0.2) is 9.67 Å². The van der Waals surface area contributed by atoms with Crippen LogP contribution in [0.3, 0.4) is 0 Å². The van der Waals surface area contributed by atoms with Gasteiger partial charge in [0, 0.05) is 29.9 Å². The van der Waals surface area contributed by atoms with Crippen LogP contribution in [0.15, 0.2) is 42.6 Å². The summed E-state index contributed by atoms with van der Waals surface area (Å²) in [7, 11) is 1.91. The van der Waals surface area contributed by atoms with Crippen LogP contribution in [0.1, 0.15) is 70.3 Å². The van der Waals surface area contributed by atoms with Crippen LogP contribution >= 0.6 is 0 Å². The lowest BCUT2D eigenvalue weighted by Gasteiger charge is -2.15. The minimum absolute atomic E-state index is 0.0996. The summed E-state index contributed by atoms with van der Waals surface area (Å²) in [6, 6.07) is 12.0. The summed E-state index contributed by atoms with van der Waals surface area (Å²) >= 11 is 0. The molecule has 7 heteroatoms. The molecule has 3 aromatic heterocycles. The number of nitrogens with zero attached hydrogens (tertiary/aromatic N) is 5. The van der Waals surface area contributed by atoms with E-state index in [-0.39, 0.29) is 11.9 Å². The first kappa shape index (κ1) is 20.4. The fourth-order valence-electron chi connectivity index (χ4n) is 4.30. The highest BCUT2D eigenvalue weighted by Gasteiger charge is 2.29. The summed E-state index contributed by atoms with van der Waals surface area (Å²) in [6.45, 7) is 6.58. The lowest BCUT2D eigenvalue weighted by molar-refractivity contribution is 0.0941. The molecule has 0 saturated heterocycles. The van der Waals surface area contributed by atoms with Gasteiger partial charge in [0.15, 0.2) is 5.65 Å². The monoisotopic (exact) mass is 428 g/mol. The van der Waals surface area contributed by atoms with Crippen LogP contribution in [0.4, 0.5) is 0 Å². The molecule has 1 amide bonds. The maximum atomic E-state index is 13.5. The van der Waals surface area contributed by atoms with E-state index in [1.54, 1.807) is 0 Å². The summed E-state index contributed by atoms with van der Waals surface area (Å²) in [5, 5.41) is 13.1. The summed E-state index contributed by atoms with van der Waals surface area (Å²) < 4.78 is 3.75. The molecule has 1 N–H and O–H groups in total. The third kappa shape index (κ3) is 3.68. The van der Waals surface area contributed by atoms with Crippen LogP contribution < -0.4 is 5.32 Å². The molecule has 32 heavy (non-hydrogen) atoms. The van der Waals surface area contributed by atoms with Gasteiger partial charge in [-0.1, -0.05) is 30.3 Å². The van der Waals surface area contributed by atoms with Crippen LogP contribution in [0.5, 0.6) is 0 Å². The van der Waals surface area contributed by atoms with Crippen molar-refractivity contribution in [2.24, 2.45) is 7.05 Å². The molecule has 3 heterocycles. The lowest BCUT2D eigenvalue weighted by Crippen LogP contribution is -2.27. The van der Waals surface area contributed by atoms with Crippen LogP contribution in [0.2, 0.25) is 0 Å². The average Bonchev–Trinajstić information content (AvgIpc) is 3.52. The first-order valence-corrected chi connectivity index (χ1v) is 11.1. The van der Waals surface area contributed by atoms with Crippen molar-refractivity contribution in [2.75, 3.05) is 0 Å². The van der Waals surface area contributed by atoms with Crippen LogP contribution in [-0.2, 0) is 13.6 Å². The van der Waals surface area contributed by atoms with Gasteiger partial charge in [0.2, 0.25) is 0 Å². The number of pyridine rings is 1. The number of nitrogens with one attached hydrogen (secondary N) is 1. The molecule has 5 rings (SSSR count). The number of hydrogen-bond donors (Lipinski definition) is 1. The highest BCUT2D eigenvalue weighted by Crippen LogP contribution is 2.40. The van der Waals surface area contributed by atoms with Gasteiger partial charge in [-0.3, -0.25) is 9.48 Å². The minimum Gasteiger partial charge on any atom is -0.345 e. The average molecular weight is 429 g/mol. The quantitative estimate of drug-likeness (QED) is 0.499. The summed E-state index contributed by atoms with van der Waals surface area (Å²) in [5.41, 5.74) is 6.46. The van der Waals surface area contributed by atoms with Gasteiger partial charge in [-0.05, 0) is 45.2 Å². The fraction of sp³-hybridized carbons (Fsp3) is 0.360. The zero-order valence-corrected chi connectivity index (χ0v) is 19.0. The molecule has 1 aliphatic carbocycles. The van der Waals surface area contributed by atoms with Crippen molar-refractivity contribution in [2.45, 2.75) is 52.1 Å². The molecule has 0 radical (unpaired) electrons. The zero-order chi connectivity index (χ0) is 22.4. The number of aryl methyl sites for hydroxylation is 2. The van der Waals surface area contributed by atoms with Gasteiger partial charge in [0.05, 0.1) is 35.4 Å². The number of fused-ring (bicyclic) bond motifs is 1. The van der Waals surface area contributed by atoms with E-state index < -0.39 is 0 Å². The Morgan fingerprint density at radius 3 is 2.62 bits per heavy atom. The van der Waals surface area contributed by atoms with Gasteiger partial charge in [0.25, 0.3) is 5.91 Å². The van der Waals surface area contributed by atoms with Crippen LogP contribution in [0, 0.1) is 13.8 Å². The molecule has 7 nitrogen and oxygen atoms in total. The van der Waals surface area contributed by atoms with E-state index >= 15 is 0 Å². The molecule has 1 unspecified atom stereocenters. The predicted molar refractivity (Wildman–Crippen MR) is 124 cm³/mol. The highest BCUT2D eigenvalue weighted by atomic mass is 16.1. The van der Waals surface area contributed by atoms with Crippen molar-refractivity contribution >= 4 is 16.9 Å². The van der Waals surface area contributed by atoms with Gasteiger partial charge in [-0.2, -0.15) is 10.2 Å². The second-order valence-corrected chi connectivity index (χ2v) is 8.80. The van der Waals surface area contributed by atoms with Crippen molar-refractivity contribution in [1.82, 2.24) is 29.9 Å². The Morgan fingerprint density at radius 2 is 1.97 bits per heavy atom. The number of amides is 1. The molecule has 4 aromatic rings. The van der Waals surface area contributed by atoms with E-state index in [1.165, 1.54) is 0 Å². The Morgan fingerprint density at radius 1 is 1.22 bits per heavy atom. The standard InChI is InChI=1S/C25H28N6O/c1-15(21-13-26-30(4)17(21)3)27-25(32)20-12-22(19-10-11-19)28-24-23(20)16(2)29-31(24)14-18-8-6-5-7-9-18/h5-9,12-13,15,19H,10-11,14H2,1-4H3,(H,27,32).